The molecular weight excluding hydrogens is 394 g/mol. The summed E-state index contributed by atoms with van der Waals surface area (Å²) in [6.45, 7) is 0. The molecule has 5 nitrogen and oxygen atoms in total. The summed E-state index contributed by atoms with van der Waals surface area (Å²) in [5.41, 5.74) is 4.53. The molecule has 0 spiro atoms. The Bertz CT molecular complexity index is 1000. The molecule has 3 rings (SSSR count). The number of phenols is 1. The standard InChI is InChI=1S/C20H18BrN3O2/c1-24(2)18-8-7-13(9-17(18)21)12-22-23-20(26)16-10-14-5-3-4-6-15(14)11-19(16)25/h3-12,25H,1-2H3,(H,23,26)/b22-12+. The number of nitrogens with one attached hydrogen (secondary N) is 1. The fourth-order valence-electron chi connectivity index (χ4n) is 2.60. The number of amides is 1. The van der Waals surface area contributed by atoms with E-state index < -0.39 is 5.91 Å². The highest BCUT2D eigenvalue weighted by atomic mass is 79.9. The minimum Gasteiger partial charge on any atom is -0.507 e. The number of nitrogens with zero attached hydrogens (tertiary/aromatic N) is 2. The van der Waals surface area contributed by atoms with E-state index >= 15 is 0 Å². The van der Waals surface area contributed by atoms with E-state index in [9.17, 15) is 9.90 Å². The number of fused-ring (bicyclic) bond motifs is 1. The molecule has 2 N–H and O–H groups in total. The largest absolute Gasteiger partial charge is 0.507 e. The summed E-state index contributed by atoms with van der Waals surface area (Å²) in [6.07, 6.45) is 1.56. The molecule has 26 heavy (non-hydrogen) atoms. The molecule has 0 aliphatic heterocycles. The van der Waals surface area contributed by atoms with Gasteiger partial charge in [-0.3, -0.25) is 4.79 Å². The topological polar surface area (TPSA) is 64.9 Å². The van der Waals surface area contributed by atoms with Crippen LogP contribution in [0.1, 0.15) is 15.9 Å². The molecule has 0 saturated heterocycles. The Labute approximate surface area is 160 Å². The number of hydrogen-bond donors (Lipinski definition) is 2. The van der Waals surface area contributed by atoms with E-state index in [-0.39, 0.29) is 11.3 Å². The number of rotatable bonds is 4. The van der Waals surface area contributed by atoms with Crippen LogP contribution in [0.4, 0.5) is 5.69 Å². The minimum absolute atomic E-state index is 0.0746. The lowest BCUT2D eigenvalue weighted by Crippen LogP contribution is -2.17. The van der Waals surface area contributed by atoms with E-state index in [4.69, 9.17) is 0 Å². The first-order valence-corrected chi connectivity index (χ1v) is 8.77. The predicted molar refractivity (Wildman–Crippen MR) is 109 cm³/mol. The van der Waals surface area contributed by atoms with Crippen LogP contribution in [0.3, 0.4) is 0 Å². The van der Waals surface area contributed by atoms with Gasteiger partial charge in [0.15, 0.2) is 0 Å². The lowest BCUT2D eigenvalue weighted by Gasteiger charge is -2.14. The first-order chi connectivity index (χ1) is 12.5. The first kappa shape index (κ1) is 17.9. The third-order valence-electron chi connectivity index (χ3n) is 3.94. The molecule has 0 fully saturated rings. The Morgan fingerprint density at radius 1 is 1.12 bits per heavy atom. The maximum Gasteiger partial charge on any atom is 0.275 e. The number of phenolic OH excluding ortho intramolecular Hbond substituents is 1. The Hall–Kier alpha value is -2.86. The predicted octanol–water partition coefficient (Wildman–Crippen LogP) is 4.14. The molecule has 3 aromatic rings. The lowest BCUT2D eigenvalue weighted by atomic mass is 10.1. The number of halogens is 1. The second kappa shape index (κ2) is 7.58. The van der Waals surface area contributed by atoms with Crippen LogP contribution in [0.5, 0.6) is 5.75 Å². The van der Waals surface area contributed by atoms with Crippen LogP contribution in [0, 0.1) is 0 Å². The number of carbonyl (C=O) groups excluding carboxylic acids is 1. The molecule has 1 amide bonds. The van der Waals surface area contributed by atoms with E-state index in [0.717, 1.165) is 26.5 Å². The average molecular weight is 412 g/mol. The first-order valence-electron chi connectivity index (χ1n) is 7.98. The SMILES string of the molecule is CN(C)c1ccc(/C=N/NC(=O)c2cc3ccccc3cc2O)cc1Br. The normalized spacial score (nSPS) is 11.0. The van der Waals surface area contributed by atoms with Crippen LogP contribution in [-0.2, 0) is 0 Å². The second-order valence-electron chi connectivity index (χ2n) is 6.02. The molecule has 0 heterocycles. The van der Waals surface area contributed by atoms with Gasteiger partial charge in [-0.25, -0.2) is 5.43 Å². The van der Waals surface area contributed by atoms with Crippen molar-refractivity contribution >= 4 is 44.5 Å². The maximum absolute atomic E-state index is 12.3. The molecule has 0 aliphatic carbocycles. The summed E-state index contributed by atoms with van der Waals surface area (Å²) in [7, 11) is 3.92. The van der Waals surface area contributed by atoms with Gasteiger partial charge in [0.05, 0.1) is 17.5 Å². The number of hydrogen-bond acceptors (Lipinski definition) is 4. The van der Waals surface area contributed by atoms with E-state index in [0.29, 0.717) is 0 Å². The summed E-state index contributed by atoms with van der Waals surface area (Å²) in [5.74, 6) is -0.539. The van der Waals surface area contributed by atoms with Crippen LogP contribution in [0.25, 0.3) is 10.8 Å². The van der Waals surface area contributed by atoms with Gasteiger partial charge in [-0.1, -0.05) is 30.3 Å². The van der Waals surface area contributed by atoms with Crippen molar-refractivity contribution in [3.63, 3.8) is 0 Å². The van der Waals surface area contributed by atoms with Crippen molar-refractivity contribution in [2.24, 2.45) is 5.10 Å². The van der Waals surface area contributed by atoms with Crippen LogP contribution in [0.15, 0.2) is 64.2 Å². The molecule has 0 atom stereocenters. The highest BCUT2D eigenvalue weighted by molar-refractivity contribution is 9.10. The molecule has 0 bridgehead atoms. The molecule has 132 valence electrons. The third kappa shape index (κ3) is 3.86. The van der Waals surface area contributed by atoms with Gasteiger partial charge in [0.1, 0.15) is 5.75 Å². The van der Waals surface area contributed by atoms with Crippen LogP contribution < -0.4 is 10.3 Å². The summed E-state index contributed by atoms with van der Waals surface area (Å²) >= 11 is 3.51. The van der Waals surface area contributed by atoms with Crippen molar-refractivity contribution in [1.82, 2.24) is 5.43 Å². The molecule has 0 saturated carbocycles. The zero-order valence-corrected chi connectivity index (χ0v) is 16.0. The van der Waals surface area contributed by atoms with Crippen LogP contribution in [-0.4, -0.2) is 31.3 Å². The van der Waals surface area contributed by atoms with Crippen molar-refractivity contribution < 1.29 is 9.90 Å². The molecule has 3 aromatic carbocycles. The van der Waals surface area contributed by atoms with E-state index in [1.807, 2.05) is 61.5 Å². The van der Waals surface area contributed by atoms with Gasteiger partial charge >= 0.3 is 0 Å². The van der Waals surface area contributed by atoms with E-state index in [2.05, 4.69) is 26.5 Å². The number of hydrazone groups is 1. The average Bonchev–Trinajstić information content (AvgIpc) is 2.60. The zero-order valence-electron chi connectivity index (χ0n) is 14.4. The molecule has 0 aliphatic rings. The number of aromatic hydroxyl groups is 1. The molecule has 0 radical (unpaired) electrons. The monoisotopic (exact) mass is 411 g/mol. The van der Waals surface area contributed by atoms with Gasteiger partial charge in [-0.15, -0.1) is 0 Å². The minimum atomic E-state index is -0.464. The smallest absolute Gasteiger partial charge is 0.275 e. The third-order valence-corrected chi connectivity index (χ3v) is 4.58. The summed E-state index contributed by atoms with van der Waals surface area (Å²) in [6, 6.07) is 16.5. The molecular formula is C20H18BrN3O2. The summed E-state index contributed by atoms with van der Waals surface area (Å²) in [5, 5.41) is 15.8. The Balaban J connectivity index is 1.75. The van der Waals surface area contributed by atoms with E-state index in [1.54, 1.807) is 18.3 Å². The Morgan fingerprint density at radius 3 is 2.46 bits per heavy atom. The fourth-order valence-corrected chi connectivity index (χ4v) is 3.35. The van der Waals surface area contributed by atoms with Crippen molar-refractivity contribution in [2.45, 2.75) is 0 Å². The van der Waals surface area contributed by atoms with Gasteiger partial charge in [-0.05, 0) is 56.5 Å². The van der Waals surface area contributed by atoms with Crippen molar-refractivity contribution in [3.05, 3.63) is 70.2 Å². The second-order valence-corrected chi connectivity index (χ2v) is 6.88. The van der Waals surface area contributed by atoms with Gasteiger partial charge in [-0.2, -0.15) is 5.10 Å². The summed E-state index contributed by atoms with van der Waals surface area (Å²) in [4.78, 5) is 14.3. The zero-order chi connectivity index (χ0) is 18.7. The van der Waals surface area contributed by atoms with Gasteiger partial charge < -0.3 is 10.0 Å². The quantitative estimate of drug-likeness (QED) is 0.500. The molecule has 0 aromatic heterocycles. The number of carbonyl (C=O) groups is 1. The highest BCUT2D eigenvalue weighted by Gasteiger charge is 2.11. The van der Waals surface area contributed by atoms with Crippen molar-refractivity contribution in [3.8, 4) is 5.75 Å². The van der Waals surface area contributed by atoms with Crippen molar-refractivity contribution in [1.29, 1.82) is 0 Å². The number of anilines is 1. The highest BCUT2D eigenvalue weighted by Crippen LogP contribution is 2.26. The Kier molecular flexibility index (Phi) is 5.23. The summed E-state index contributed by atoms with van der Waals surface area (Å²) < 4.78 is 0.935. The molecule has 0 unspecified atom stereocenters. The van der Waals surface area contributed by atoms with Gasteiger partial charge in [0, 0.05) is 18.6 Å². The van der Waals surface area contributed by atoms with Gasteiger partial charge in [0.25, 0.3) is 5.91 Å². The van der Waals surface area contributed by atoms with Crippen LogP contribution >= 0.6 is 15.9 Å². The van der Waals surface area contributed by atoms with Gasteiger partial charge in [0.2, 0.25) is 0 Å². The molecule has 6 heteroatoms. The van der Waals surface area contributed by atoms with E-state index in [1.165, 1.54) is 0 Å². The Morgan fingerprint density at radius 2 is 1.81 bits per heavy atom. The fraction of sp³-hybridized carbons (Fsp3) is 0.100. The lowest BCUT2D eigenvalue weighted by molar-refractivity contribution is 0.0952. The van der Waals surface area contributed by atoms with Crippen molar-refractivity contribution in [2.75, 3.05) is 19.0 Å². The van der Waals surface area contributed by atoms with Crippen LogP contribution in [0.2, 0.25) is 0 Å². The maximum atomic E-state index is 12.3. The number of benzene rings is 3.